The first kappa shape index (κ1) is 16.9. The van der Waals surface area contributed by atoms with Crippen molar-refractivity contribution in [1.82, 2.24) is 15.3 Å². The minimum absolute atomic E-state index is 0.0371. The monoisotopic (exact) mass is 345 g/mol. The van der Waals surface area contributed by atoms with Gasteiger partial charge in [0.15, 0.2) is 0 Å². The van der Waals surface area contributed by atoms with Crippen molar-refractivity contribution < 1.29 is 18.3 Å². The largest absolute Gasteiger partial charge is 0.435 e. The second-order valence-corrected chi connectivity index (χ2v) is 5.47. The molecule has 2 aromatic carbocycles. The average Bonchev–Trinajstić information content (AvgIpc) is 3.01. The number of H-pyrrole nitrogens is 1. The van der Waals surface area contributed by atoms with E-state index >= 15 is 0 Å². The smallest absolute Gasteiger partial charge is 0.387 e. The Morgan fingerprint density at radius 1 is 1.20 bits per heavy atom. The number of para-hydroxylation sites is 2. The molecule has 0 atom stereocenters. The number of aryl methyl sites for hydroxylation is 1. The minimum atomic E-state index is -2.91. The summed E-state index contributed by atoms with van der Waals surface area (Å²) in [7, 11) is 0. The molecular formula is C18H17F2N3O2. The molecule has 0 aliphatic rings. The van der Waals surface area contributed by atoms with Crippen LogP contribution in [0.3, 0.4) is 0 Å². The molecule has 0 unspecified atom stereocenters. The van der Waals surface area contributed by atoms with Gasteiger partial charge < -0.3 is 15.0 Å². The number of ether oxygens (including phenoxy) is 1. The fourth-order valence-electron chi connectivity index (χ4n) is 2.50. The second kappa shape index (κ2) is 7.74. The van der Waals surface area contributed by atoms with Crippen molar-refractivity contribution in [2.24, 2.45) is 0 Å². The third-order valence-electron chi connectivity index (χ3n) is 3.64. The highest BCUT2D eigenvalue weighted by molar-refractivity contribution is 5.94. The number of nitrogens with one attached hydrogen (secondary N) is 2. The van der Waals surface area contributed by atoms with Crippen LogP contribution in [0.25, 0.3) is 11.0 Å². The van der Waals surface area contributed by atoms with Gasteiger partial charge in [-0.25, -0.2) is 4.98 Å². The van der Waals surface area contributed by atoms with E-state index in [1.807, 2.05) is 24.3 Å². The van der Waals surface area contributed by atoms with E-state index in [0.717, 1.165) is 16.9 Å². The molecule has 1 amide bonds. The van der Waals surface area contributed by atoms with E-state index in [2.05, 4.69) is 20.0 Å². The number of halogens is 2. The Hall–Kier alpha value is -2.96. The molecule has 130 valence electrons. The number of nitrogens with zero attached hydrogens (tertiary/aromatic N) is 1. The van der Waals surface area contributed by atoms with E-state index in [-0.39, 0.29) is 17.2 Å². The van der Waals surface area contributed by atoms with Gasteiger partial charge in [0.05, 0.1) is 11.0 Å². The number of aromatic amines is 1. The molecule has 0 fully saturated rings. The Morgan fingerprint density at radius 3 is 2.84 bits per heavy atom. The Kier molecular flexibility index (Phi) is 5.23. The molecule has 7 heteroatoms. The molecule has 0 spiro atoms. The topological polar surface area (TPSA) is 67.0 Å². The second-order valence-electron chi connectivity index (χ2n) is 5.47. The van der Waals surface area contributed by atoms with Crippen molar-refractivity contribution in [3.05, 3.63) is 59.9 Å². The Labute approximate surface area is 143 Å². The Morgan fingerprint density at radius 2 is 2.04 bits per heavy atom. The Bertz CT molecular complexity index is 831. The molecule has 1 heterocycles. The summed E-state index contributed by atoms with van der Waals surface area (Å²) in [6.45, 7) is -2.46. The van der Waals surface area contributed by atoms with Gasteiger partial charge >= 0.3 is 6.61 Å². The van der Waals surface area contributed by atoms with Gasteiger partial charge in [-0.3, -0.25) is 4.79 Å². The highest BCUT2D eigenvalue weighted by Gasteiger charge is 2.09. The maximum absolute atomic E-state index is 12.2. The van der Waals surface area contributed by atoms with Gasteiger partial charge in [0.2, 0.25) is 0 Å². The number of aromatic nitrogens is 2. The average molecular weight is 345 g/mol. The predicted octanol–water partition coefficient (Wildman–Crippen LogP) is 3.53. The van der Waals surface area contributed by atoms with Gasteiger partial charge in [-0.2, -0.15) is 8.78 Å². The van der Waals surface area contributed by atoms with Gasteiger partial charge in [-0.05, 0) is 36.8 Å². The van der Waals surface area contributed by atoms with Crippen molar-refractivity contribution in [3.8, 4) is 5.75 Å². The third-order valence-corrected chi connectivity index (χ3v) is 3.64. The fourth-order valence-corrected chi connectivity index (χ4v) is 2.50. The molecule has 1 aromatic heterocycles. The number of hydrogen-bond donors (Lipinski definition) is 2. The van der Waals surface area contributed by atoms with E-state index < -0.39 is 6.61 Å². The molecule has 5 nitrogen and oxygen atoms in total. The SMILES string of the molecule is O=C(NCCCc1nc2ccccc2[nH]1)c1cccc(OC(F)F)c1. The van der Waals surface area contributed by atoms with Crippen molar-refractivity contribution in [2.75, 3.05) is 6.54 Å². The molecule has 0 bridgehead atoms. The highest BCUT2D eigenvalue weighted by atomic mass is 19.3. The molecule has 25 heavy (non-hydrogen) atoms. The van der Waals surface area contributed by atoms with Crippen molar-refractivity contribution in [2.45, 2.75) is 19.5 Å². The van der Waals surface area contributed by atoms with Gasteiger partial charge in [0, 0.05) is 18.5 Å². The summed E-state index contributed by atoms with van der Waals surface area (Å²) in [6.07, 6.45) is 1.41. The Balaban J connectivity index is 1.49. The third kappa shape index (κ3) is 4.53. The number of fused-ring (bicyclic) bond motifs is 1. The summed E-state index contributed by atoms with van der Waals surface area (Å²) in [6, 6.07) is 13.5. The van der Waals surface area contributed by atoms with Crippen LogP contribution in [0.15, 0.2) is 48.5 Å². The number of rotatable bonds is 7. The zero-order valence-electron chi connectivity index (χ0n) is 13.3. The van der Waals surface area contributed by atoms with Crippen LogP contribution in [0.4, 0.5) is 8.78 Å². The van der Waals surface area contributed by atoms with Crippen LogP contribution in [-0.4, -0.2) is 29.0 Å². The molecule has 0 saturated carbocycles. The lowest BCUT2D eigenvalue weighted by atomic mass is 10.2. The number of hydrogen-bond acceptors (Lipinski definition) is 3. The fraction of sp³-hybridized carbons (Fsp3) is 0.222. The van der Waals surface area contributed by atoms with E-state index in [0.29, 0.717) is 19.4 Å². The van der Waals surface area contributed by atoms with E-state index in [4.69, 9.17) is 0 Å². The highest BCUT2D eigenvalue weighted by Crippen LogP contribution is 2.16. The lowest BCUT2D eigenvalue weighted by Gasteiger charge is -2.07. The summed E-state index contributed by atoms with van der Waals surface area (Å²) in [5.41, 5.74) is 2.18. The maximum Gasteiger partial charge on any atom is 0.387 e. The summed E-state index contributed by atoms with van der Waals surface area (Å²) >= 11 is 0. The molecule has 0 aliphatic heterocycles. The van der Waals surface area contributed by atoms with Crippen LogP contribution >= 0.6 is 0 Å². The molecule has 2 N–H and O–H groups in total. The number of carbonyl (C=O) groups excluding carboxylic acids is 1. The summed E-state index contributed by atoms with van der Waals surface area (Å²) < 4.78 is 28.7. The molecule has 3 rings (SSSR count). The molecule has 0 saturated heterocycles. The zero-order valence-corrected chi connectivity index (χ0v) is 13.3. The van der Waals surface area contributed by atoms with E-state index in [1.165, 1.54) is 18.2 Å². The summed E-state index contributed by atoms with van der Waals surface area (Å²) in [5.74, 6) is 0.497. The van der Waals surface area contributed by atoms with Crippen LogP contribution in [0, 0.1) is 0 Å². The number of benzene rings is 2. The number of carbonyl (C=O) groups is 1. The van der Waals surface area contributed by atoms with Crippen LogP contribution in [0.5, 0.6) is 5.75 Å². The lowest BCUT2D eigenvalue weighted by Crippen LogP contribution is -2.24. The molecular weight excluding hydrogens is 328 g/mol. The van der Waals surface area contributed by atoms with E-state index in [9.17, 15) is 13.6 Å². The maximum atomic E-state index is 12.2. The van der Waals surface area contributed by atoms with Crippen LogP contribution in [0.2, 0.25) is 0 Å². The van der Waals surface area contributed by atoms with Crippen LogP contribution < -0.4 is 10.1 Å². The first-order valence-corrected chi connectivity index (χ1v) is 7.88. The van der Waals surface area contributed by atoms with E-state index in [1.54, 1.807) is 6.07 Å². The molecule has 0 radical (unpaired) electrons. The van der Waals surface area contributed by atoms with Crippen LogP contribution in [0.1, 0.15) is 22.6 Å². The molecule has 0 aliphatic carbocycles. The minimum Gasteiger partial charge on any atom is -0.435 e. The lowest BCUT2D eigenvalue weighted by molar-refractivity contribution is -0.0498. The van der Waals surface area contributed by atoms with Crippen molar-refractivity contribution in [1.29, 1.82) is 0 Å². The summed E-state index contributed by atoms with van der Waals surface area (Å²) in [5, 5.41) is 2.76. The number of alkyl halides is 2. The van der Waals surface area contributed by atoms with Gasteiger partial charge in [-0.15, -0.1) is 0 Å². The standard InChI is InChI=1S/C18H17F2N3O2/c19-18(20)25-13-6-3-5-12(11-13)17(24)21-10-4-9-16-22-14-7-1-2-8-15(14)23-16/h1-3,5-8,11,18H,4,9-10H2,(H,21,24)(H,22,23). The van der Waals surface area contributed by atoms with Gasteiger partial charge in [-0.1, -0.05) is 18.2 Å². The van der Waals surface area contributed by atoms with Gasteiger partial charge in [0.25, 0.3) is 5.91 Å². The van der Waals surface area contributed by atoms with Crippen LogP contribution in [-0.2, 0) is 6.42 Å². The van der Waals surface area contributed by atoms with Crippen molar-refractivity contribution in [3.63, 3.8) is 0 Å². The number of imidazole rings is 1. The molecule has 3 aromatic rings. The first-order valence-electron chi connectivity index (χ1n) is 7.88. The first-order chi connectivity index (χ1) is 12.1. The predicted molar refractivity (Wildman–Crippen MR) is 89.8 cm³/mol. The number of amides is 1. The van der Waals surface area contributed by atoms with Gasteiger partial charge in [0.1, 0.15) is 11.6 Å². The summed E-state index contributed by atoms with van der Waals surface area (Å²) in [4.78, 5) is 19.8. The zero-order chi connectivity index (χ0) is 17.6. The quantitative estimate of drug-likeness (QED) is 0.644. The normalized spacial score (nSPS) is 11.0. The van der Waals surface area contributed by atoms with Crippen molar-refractivity contribution >= 4 is 16.9 Å².